The standard InChI is InChI=1S/C15H15ClO3/c16-13-7-4-8-14(12(13)9-10-15(17)18)19-11-5-2-1-3-6-11/h2,4-5,7-11H,1,3,6H2,(H,17,18)/b10-9+. The van der Waals surface area contributed by atoms with Crippen molar-refractivity contribution in [2.75, 3.05) is 0 Å². The molecule has 1 aromatic carbocycles. The van der Waals surface area contributed by atoms with Crippen LogP contribution in [0.15, 0.2) is 36.4 Å². The lowest BCUT2D eigenvalue weighted by Gasteiger charge is -2.20. The van der Waals surface area contributed by atoms with Gasteiger partial charge in [-0.1, -0.05) is 23.7 Å². The smallest absolute Gasteiger partial charge is 0.328 e. The van der Waals surface area contributed by atoms with Gasteiger partial charge in [-0.25, -0.2) is 4.79 Å². The fourth-order valence-electron chi connectivity index (χ4n) is 1.98. The highest BCUT2D eigenvalue weighted by Gasteiger charge is 2.13. The van der Waals surface area contributed by atoms with Crippen LogP contribution in [-0.4, -0.2) is 17.2 Å². The van der Waals surface area contributed by atoms with Gasteiger partial charge in [-0.15, -0.1) is 0 Å². The van der Waals surface area contributed by atoms with Gasteiger partial charge in [0.15, 0.2) is 0 Å². The van der Waals surface area contributed by atoms with Crippen LogP contribution in [0.4, 0.5) is 0 Å². The number of benzene rings is 1. The number of carboxylic acids is 1. The summed E-state index contributed by atoms with van der Waals surface area (Å²) in [6, 6.07) is 5.31. The summed E-state index contributed by atoms with van der Waals surface area (Å²) in [7, 11) is 0. The van der Waals surface area contributed by atoms with Crippen LogP contribution >= 0.6 is 11.6 Å². The highest BCUT2D eigenvalue weighted by atomic mass is 35.5. The first-order valence-electron chi connectivity index (χ1n) is 6.19. The largest absolute Gasteiger partial charge is 0.486 e. The maximum Gasteiger partial charge on any atom is 0.328 e. The van der Waals surface area contributed by atoms with E-state index < -0.39 is 5.97 Å². The number of carboxylic acid groups (broad SMARTS) is 1. The second kappa shape index (κ2) is 6.43. The molecule has 0 amide bonds. The number of ether oxygens (including phenoxy) is 1. The molecule has 1 N–H and O–H groups in total. The predicted molar refractivity (Wildman–Crippen MR) is 75.5 cm³/mol. The molecule has 0 heterocycles. The Labute approximate surface area is 117 Å². The van der Waals surface area contributed by atoms with Gasteiger partial charge in [0.05, 0.1) is 5.02 Å². The summed E-state index contributed by atoms with van der Waals surface area (Å²) in [6.07, 6.45) is 9.84. The fourth-order valence-corrected chi connectivity index (χ4v) is 2.21. The molecule has 0 saturated heterocycles. The van der Waals surface area contributed by atoms with Crippen molar-refractivity contribution in [3.8, 4) is 5.75 Å². The number of aliphatic carboxylic acids is 1. The van der Waals surface area contributed by atoms with Gasteiger partial charge in [-0.3, -0.25) is 0 Å². The van der Waals surface area contributed by atoms with Crippen molar-refractivity contribution >= 4 is 23.6 Å². The Morgan fingerprint density at radius 1 is 1.47 bits per heavy atom. The number of halogens is 1. The first kappa shape index (κ1) is 13.7. The lowest BCUT2D eigenvalue weighted by Crippen LogP contribution is -2.16. The van der Waals surface area contributed by atoms with Gasteiger partial charge in [-0.05, 0) is 43.5 Å². The average molecular weight is 279 g/mol. The molecule has 1 aromatic rings. The highest BCUT2D eigenvalue weighted by molar-refractivity contribution is 6.32. The van der Waals surface area contributed by atoms with Crippen LogP contribution in [0.25, 0.3) is 6.08 Å². The van der Waals surface area contributed by atoms with E-state index in [1.54, 1.807) is 18.2 Å². The normalized spacial score (nSPS) is 18.7. The van der Waals surface area contributed by atoms with E-state index >= 15 is 0 Å². The van der Waals surface area contributed by atoms with E-state index in [-0.39, 0.29) is 6.10 Å². The Bertz CT molecular complexity index is 520. The topological polar surface area (TPSA) is 46.5 Å². The van der Waals surface area contributed by atoms with Crippen molar-refractivity contribution in [2.24, 2.45) is 0 Å². The Morgan fingerprint density at radius 3 is 3.00 bits per heavy atom. The van der Waals surface area contributed by atoms with Gasteiger partial charge in [0.1, 0.15) is 11.9 Å². The molecule has 1 aliphatic carbocycles. The van der Waals surface area contributed by atoms with Crippen molar-refractivity contribution in [2.45, 2.75) is 25.4 Å². The van der Waals surface area contributed by atoms with Crippen LogP contribution in [0.3, 0.4) is 0 Å². The summed E-state index contributed by atoms with van der Waals surface area (Å²) in [5.41, 5.74) is 0.602. The minimum Gasteiger partial charge on any atom is -0.486 e. The molecule has 100 valence electrons. The number of allylic oxidation sites excluding steroid dienone is 1. The lowest BCUT2D eigenvalue weighted by molar-refractivity contribution is -0.131. The average Bonchev–Trinajstić information content (AvgIpc) is 2.39. The molecule has 1 atom stereocenters. The summed E-state index contributed by atoms with van der Waals surface area (Å²) in [4.78, 5) is 10.6. The third-order valence-electron chi connectivity index (χ3n) is 2.89. The molecule has 2 rings (SSSR count). The quantitative estimate of drug-likeness (QED) is 0.670. The van der Waals surface area contributed by atoms with E-state index in [1.807, 2.05) is 6.08 Å². The lowest BCUT2D eigenvalue weighted by atomic mass is 10.1. The van der Waals surface area contributed by atoms with Crippen LogP contribution in [-0.2, 0) is 4.79 Å². The molecule has 0 bridgehead atoms. The minimum atomic E-state index is -1.01. The summed E-state index contributed by atoms with van der Waals surface area (Å²) < 4.78 is 5.88. The Hall–Kier alpha value is -1.74. The second-order valence-electron chi connectivity index (χ2n) is 4.34. The number of hydrogen-bond acceptors (Lipinski definition) is 2. The van der Waals surface area contributed by atoms with Gasteiger partial charge >= 0.3 is 5.97 Å². The molecule has 0 fully saturated rings. The summed E-state index contributed by atoms with van der Waals surface area (Å²) in [6.45, 7) is 0. The van der Waals surface area contributed by atoms with Crippen LogP contribution in [0.2, 0.25) is 5.02 Å². The van der Waals surface area contributed by atoms with Gasteiger partial charge in [-0.2, -0.15) is 0 Å². The van der Waals surface area contributed by atoms with E-state index in [0.29, 0.717) is 16.3 Å². The van der Waals surface area contributed by atoms with Gasteiger partial charge in [0.2, 0.25) is 0 Å². The minimum absolute atomic E-state index is 0.0317. The van der Waals surface area contributed by atoms with Crippen molar-refractivity contribution < 1.29 is 14.6 Å². The Kier molecular flexibility index (Phi) is 4.63. The first-order chi connectivity index (χ1) is 9.16. The Morgan fingerprint density at radius 2 is 2.32 bits per heavy atom. The highest BCUT2D eigenvalue weighted by Crippen LogP contribution is 2.30. The molecule has 0 aliphatic heterocycles. The third kappa shape index (κ3) is 3.86. The molecule has 0 radical (unpaired) electrons. The van der Waals surface area contributed by atoms with Crippen LogP contribution in [0, 0.1) is 0 Å². The van der Waals surface area contributed by atoms with Gasteiger partial charge in [0.25, 0.3) is 0 Å². The summed E-state index contributed by atoms with van der Waals surface area (Å²) >= 11 is 6.09. The molecular formula is C15H15ClO3. The van der Waals surface area contributed by atoms with Crippen molar-refractivity contribution in [3.05, 3.63) is 47.0 Å². The molecular weight excluding hydrogens is 264 g/mol. The summed E-state index contributed by atoms with van der Waals surface area (Å²) in [5.74, 6) is -0.398. The molecule has 1 aliphatic rings. The first-order valence-corrected chi connectivity index (χ1v) is 6.57. The van der Waals surface area contributed by atoms with Gasteiger partial charge < -0.3 is 9.84 Å². The number of carbonyl (C=O) groups is 1. The molecule has 0 aromatic heterocycles. The monoisotopic (exact) mass is 278 g/mol. The SMILES string of the molecule is O=C(O)/C=C/c1c(Cl)cccc1OC1C=CCCC1. The molecule has 19 heavy (non-hydrogen) atoms. The Balaban J connectivity index is 2.23. The molecule has 0 spiro atoms. The van der Waals surface area contributed by atoms with E-state index in [9.17, 15) is 4.79 Å². The third-order valence-corrected chi connectivity index (χ3v) is 3.22. The number of rotatable bonds is 4. The van der Waals surface area contributed by atoms with Crippen LogP contribution < -0.4 is 4.74 Å². The maximum absolute atomic E-state index is 10.6. The summed E-state index contributed by atoms with van der Waals surface area (Å²) in [5, 5.41) is 9.18. The fraction of sp³-hybridized carbons (Fsp3) is 0.267. The maximum atomic E-state index is 10.6. The van der Waals surface area contributed by atoms with Crippen LogP contribution in [0.1, 0.15) is 24.8 Å². The van der Waals surface area contributed by atoms with Crippen molar-refractivity contribution in [1.29, 1.82) is 0 Å². The predicted octanol–water partition coefficient (Wildman–Crippen LogP) is 3.93. The molecule has 4 heteroatoms. The molecule has 3 nitrogen and oxygen atoms in total. The number of hydrogen-bond donors (Lipinski definition) is 1. The van der Waals surface area contributed by atoms with E-state index in [2.05, 4.69) is 6.08 Å². The van der Waals surface area contributed by atoms with Gasteiger partial charge in [0, 0.05) is 11.6 Å². The van der Waals surface area contributed by atoms with E-state index in [4.69, 9.17) is 21.4 Å². The van der Waals surface area contributed by atoms with Crippen molar-refractivity contribution in [1.82, 2.24) is 0 Å². The van der Waals surface area contributed by atoms with Crippen LogP contribution in [0.5, 0.6) is 5.75 Å². The van der Waals surface area contributed by atoms with E-state index in [0.717, 1.165) is 25.3 Å². The zero-order valence-corrected chi connectivity index (χ0v) is 11.1. The second-order valence-corrected chi connectivity index (χ2v) is 4.75. The van der Waals surface area contributed by atoms with Crippen molar-refractivity contribution in [3.63, 3.8) is 0 Å². The molecule has 1 unspecified atom stereocenters. The zero-order valence-electron chi connectivity index (χ0n) is 10.4. The van der Waals surface area contributed by atoms with E-state index in [1.165, 1.54) is 6.08 Å². The zero-order chi connectivity index (χ0) is 13.7. The molecule has 0 saturated carbocycles.